The maximum Gasteiger partial charge on any atom is 0.332 e. The van der Waals surface area contributed by atoms with Crippen molar-refractivity contribution in [2.24, 2.45) is 29.1 Å². The van der Waals surface area contributed by atoms with Crippen molar-refractivity contribution in [2.75, 3.05) is 13.7 Å². The topological polar surface area (TPSA) is 145 Å². The van der Waals surface area contributed by atoms with Gasteiger partial charge in [0.2, 0.25) is 11.8 Å². The van der Waals surface area contributed by atoms with E-state index in [4.69, 9.17) is 13.7 Å². The number of nitrogens with one attached hydrogen (secondary N) is 1. The molecule has 2 amide bonds. The van der Waals surface area contributed by atoms with Crippen LogP contribution < -0.4 is 5.32 Å². The van der Waals surface area contributed by atoms with Gasteiger partial charge in [-0.25, -0.2) is 4.79 Å². The normalized spacial score (nSPS) is 31.0. The number of ether oxygens (including phenoxy) is 2. The van der Waals surface area contributed by atoms with Gasteiger partial charge in [-0.2, -0.15) is 8.42 Å². The SMILES string of the molecule is C=C[C@@H]1C[C@]1(NC(=O)[C@@H]1CC(OS(=O)(=O)c2ccc(Br)cc2)CN1C(=O)[C@@H](CC(=O)OC1C[C@@H]2C[C@@H]2C1)C(C)(C)C)C(=O)OC. The van der Waals surface area contributed by atoms with Crippen molar-refractivity contribution in [1.29, 1.82) is 0 Å². The van der Waals surface area contributed by atoms with Gasteiger partial charge in [0.15, 0.2) is 0 Å². The fourth-order valence-electron chi connectivity index (χ4n) is 6.80. The predicted molar refractivity (Wildman–Crippen MR) is 166 cm³/mol. The third-order valence-corrected chi connectivity index (χ3v) is 11.5. The van der Waals surface area contributed by atoms with E-state index in [0.29, 0.717) is 16.3 Å². The molecule has 3 saturated carbocycles. The van der Waals surface area contributed by atoms with Crippen LogP contribution in [0.25, 0.3) is 0 Å². The van der Waals surface area contributed by atoms with Gasteiger partial charge in [-0.1, -0.05) is 42.8 Å². The number of hydrogen-bond donors (Lipinski definition) is 1. The molecule has 13 heteroatoms. The molecule has 11 nitrogen and oxygen atoms in total. The van der Waals surface area contributed by atoms with Crippen LogP contribution in [0, 0.1) is 29.1 Å². The number of amides is 2. The first-order valence-corrected chi connectivity index (χ1v) is 17.5. The molecule has 0 radical (unpaired) electrons. The molecule has 246 valence electrons. The van der Waals surface area contributed by atoms with Gasteiger partial charge >= 0.3 is 11.9 Å². The van der Waals surface area contributed by atoms with Gasteiger partial charge < -0.3 is 19.7 Å². The molecular formula is C32H41BrN2O9S. The summed E-state index contributed by atoms with van der Waals surface area (Å²) >= 11 is 3.28. The summed E-state index contributed by atoms with van der Waals surface area (Å²) in [5, 5.41) is 2.76. The number of methoxy groups -OCH3 is 1. The van der Waals surface area contributed by atoms with Crippen LogP contribution >= 0.6 is 15.9 Å². The summed E-state index contributed by atoms with van der Waals surface area (Å²) < 4.78 is 43.3. The highest BCUT2D eigenvalue weighted by atomic mass is 79.9. The quantitative estimate of drug-likeness (QED) is 0.206. The molecule has 1 aliphatic heterocycles. The molecule has 4 fully saturated rings. The summed E-state index contributed by atoms with van der Waals surface area (Å²) in [4.78, 5) is 55.0. The molecule has 0 spiro atoms. The molecule has 0 aromatic heterocycles. The largest absolute Gasteiger partial charge is 0.467 e. The van der Waals surface area contributed by atoms with Crippen LogP contribution in [-0.2, 0) is 43.0 Å². The number of esters is 2. The number of hydrogen-bond acceptors (Lipinski definition) is 9. The highest BCUT2D eigenvalue weighted by molar-refractivity contribution is 9.10. The molecule has 1 aromatic carbocycles. The third kappa shape index (κ3) is 7.15. The first-order valence-electron chi connectivity index (χ1n) is 15.3. The van der Waals surface area contributed by atoms with Crippen LogP contribution in [0.1, 0.15) is 59.3 Å². The van der Waals surface area contributed by atoms with Crippen LogP contribution in [0.3, 0.4) is 0 Å². The molecule has 8 atom stereocenters. The van der Waals surface area contributed by atoms with E-state index in [9.17, 15) is 27.6 Å². The lowest BCUT2D eigenvalue weighted by molar-refractivity contribution is -0.157. The van der Waals surface area contributed by atoms with Crippen LogP contribution in [-0.4, -0.2) is 74.5 Å². The molecular weight excluding hydrogens is 668 g/mol. The van der Waals surface area contributed by atoms with Gasteiger partial charge in [0.05, 0.1) is 30.4 Å². The van der Waals surface area contributed by atoms with Crippen molar-refractivity contribution < 1.29 is 41.3 Å². The van der Waals surface area contributed by atoms with Gasteiger partial charge in [-0.3, -0.25) is 18.6 Å². The first kappa shape index (κ1) is 33.6. The van der Waals surface area contributed by atoms with Crippen LogP contribution in [0.2, 0.25) is 0 Å². The molecule has 4 aliphatic rings. The summed E-state index contributed by atoms with van der Waals surface area (Å²) in [5.74, 6) is -2.23. The second-order valence-electron chi connectivity index (χ2n) is 13.8. The molecule has 0 bridgehead atoms. The van der Waals surface area contributed by atoms with E-state index in [0.717, 1.165) is 12.8 Å². The molecule has 1 heterocycles. The maximum atomic E-state index is 14.3. The minimum absolute atomic E-state index is 0.0761. The number of carbonyl (C=O) groups excluding carboxylic acids is 4. The Kier molecular flexibility index (Phi) is 9.29. The smallest absolute Gasteiger partial charge is 0.332 e. The van der Waals surface area contributed by atoms with Crippen molar-refractivity contribution in [1.82, 2.24) is 10.2 Å². The lowest BCUT2D eigenvalue weighted by atomic mass is 9.77. The van der Waals surface area contributed by atoms with Gasteiger partial charge in [-0.05, 0) is 67.2 Å². The number of rotatable bonds is 11. The van der Waals surface area contributed by atoms with Crippen LogP contribution in [0.5, 0.6) is 0 Å². The average Bonchev–Trinajstić information content (AvgIpc) is 3.78. The zero-order valence-electron chi connectivity index (χ0n) is 26.0. The van der Waals surface area contributed by atoms with Gasteiger partial charge in [-0.15, -0.1) is 6.58 Å². The third-order valence-electron chi connectivity index (χ3n) is 9.62. The highest BCUT2D eigenvalue weighted by Gasteiger charge is 2.62. The monoisotopic (exact) mass is 708 g/mol. The zero-order chi connectivity index (χ0) is 32.9. The molecule has 1 aromatic rings. The van der Waals surface area contributed by atoms with Crippen LogP contribution in [0.4, 0.5) is 0 Å². The number of nitrogens with zero attached hydrogens (tertiary/aromatic N) is 1. The average molecular weight is 710 g/mol. The fourth-order valence-corrected chi connectivity index (χ4v) is 8.15. The van der Waals surface area contributed by atoms with E-state index < -0.39 is 62.9 Å². The lowest BCUT2D eigenvalue weighted by Gasteiger charge is -2.35. The van der Waals surface area contributed by atoms with Gasteiger partial charge in [0.25, 0.3) is 10.1 Å². The molecule has 1 N–H and O–H groups in total. The Morgan fingerprint density at radius 1 is 1.09 bits per heavy atom. The van der Waals surface area contributed by atoms with Crippen molar-refractivity contribution in [3.8, 4) is 0 Å². The summed E-state index contributed by atoms with van der Waals surface area (Å²) in [6.07, 6.45) is 3.18. The van der Waals surface area contributed by atoms with E-state index in [1.54, 1.807) is 18.2 Å². The van der Waals surface area contributed by atoms with E-state index >= 15 is 0 Å². The lowest BCUT2D eigenvalue weighted by Crippen LogP contribution is -2.54. The maximum absolute atomic E-state index is 14.3. The van der Waals surface area contributed by atoms with Crippen molar-refractivity contribution in [3.63, 3.8) is 0 Å². The number of fused-ring (bicyclic) bond motifs is 1. The summed E-state index contributed by atoms with van der Waals surface area (Å²) in [7, 11) is -3.02. The van der Waals surface area contributed by atoms with Gasteiger partial charge in [0.1, 0.15) is 17.7 Å². The minimum Gasteiger partial charge on any atom is -0.467 e. The highest BCUT2D eigenvalue weighted by Crippen LogP contribution is 2.52. The van der Waals surface area contributed by atoms with Crippen molar-refractivity contribution in [2.45, 2.75) is 88.0 Å². The predicted octanol–water partition coefficient (Wildman–Crippen LogP) is 3.75. The Bertz CT molecular complexity index is 1460. The molecule has 45 heavy (non-hydrogen) atoms. The minimum atomic E-state index is -4.25. The fraction of sp³-hybridized carbons (Fsp3) is 0.625. The van der Waals surface area contributed by atoms with E-state index in [1.165, 1.54) is 30.6 Å². The van der Waals surface area contributed by atoms with E-state index in [2.05, 4.69) is 27.8 Å². The Balaban J connectivity index is 1.37. The summed E-state index contributed by atoms with van der Waals surface area (Å²) in [6.45, 7) is 9.01. The number of benzene rings is 1. The second-order valence-corrected chi connectivity index (χ2v) is 16.3. The molecule has 1 saturated heterocycles. The number of halogens is 1. The van der Waals surface area contributed by atoms with Crippen molar-refractivity contribution in [3.05, 3.63) is 41.4 Å². The van der Waals surface area contributed by atoms with Crippen molar-refractivity contribution >= 4 is 49.8 Å². The standard InChI is InChI=1S/C32H41BrN2O9S/c1-6-20-16-32(20,30(39)42-5)34-28(37)26-14-23(44-45(40,41)24-9-7-21(33)8-10-24)17-35(26)29(38)25(31(2,3)4)15-27(36)43-22-12-18-11-19(18)13-22/h6-10,18-20,22-23,25-26H,1,11-17H2,2-5H3,(H,34,37)/t18-,19+,20-,22?,23?,25-,26+,32-/m1/s1. The Morgan fingerprint density at radius 2 is 1.73 bits per heavy atom. The molecule has 5 rings (SSSR count). The van der Waals surface area contributed by atoms with Crippen LogP contribution in [0.15, 0.2) is 46.3 Å². The summed E-state index contributed by atoms with van der Waals surface area (Å²) in [5.41, 5.74) is -2.02. The van der Waals surface area contributed by atoms with Gasteiger partial charge in [0, 0.05) is 23.4 Å². The van der Waals surface area contributed by atoms with E-state index in [-0.39, 0.29) is 42.7 Å². The molecule has 3 aliphatic carbocycles. The second kappa shape index (κ2) is 12.4. The Labute approximate surface area is 272 Å². The Hall–Kier alpha value is -2.77. The zero-order valence-corrected chi connectivity index (χ0v) is 28.4. The number of likely N-dealkylation sites (tertiary alicyclic amines) is 1. The first-order chi connectivity index (χ1) is 21.1. The number of carbonyl (C=O) groups is 4. The summed E-state index contributed by atoms with van der Waals surface area (Å²) in [6, 6.07) is 4.74. The van der Waals surface area contributed by atoms with E-state index in [1.807, 2.05) is 20.8 Å². The molecule has 2 unspecified atom stereocenters. The Morgan fingerprint density at radius 3 is 2.29 bits per heavy atom.